The van der Waals surface area contributed by atoms with E-state index in [1.807, 2.05) is 66.7 Å². The van der Waals surface area contributed by atoms with Gasteiger partial charge in [-0.2, -0.15) is 0 Å². The number of rotatable bonds is 2. The molecule has 4 aliphatic rings. The number of aromatic nitrogens is 1. The quantitative estimate of drug-likeness (QED) is 0.236. The van der Waals surface area contributed by atoms with E-state index in [1.54, 1.807) is 7.11 Å². The molecule has 0 radical (unpaired) electrons. The minimum Gasteiger partial charge on any atom is -0.497 e. The standard InChI is InChI=1S/C32H22N2O3/c1-37-17-14-15-25-23(16-17)30(22-12-6-7-13-24(22)33-25)34-31(35)28-26-18-8-2-3-9-19(18)27(29(28)32(34)36)21-11-5-4-10-20(21)26/h2-16,26-29H,1H3. The highest BCUT2D eigenvalue weighted by molar-refractivity contribution is 6.29. The summed E-state index contributed by atoms with van der Waals surface area (Å²) in [5, 5.41) is 1.52. The molecule has 4 aromatic carbocycles. The van der Waals surface area contributed by atoms with Gasteiger partial charge in [0.2, 0.25) is 11.8 Å². The summed E-state index contributed by atoms with van der Waals surface area (Å²) >= 11 is 0. The number of nitrogens with zero attached hydrogens (tertiary/aromatic N) is 2. The molecule has 2 unspecified atom stereocenters. The Morgan fingerprint density at radius 3 is 1.73 bits per heavy atom. The van der Waals surface area contributed by atoms with E-state index in [0.717, 1.165) is 21.8 Å². The fourth-order valence-electron chi connectivity index (χ4n) is 7.11. The Labute approximate surface area is 213 Å². The van der Waals surface area contributed by atoms with Crippen molar-refractivity contribution in [2.75, 3.05) is 12.0 Å². The Kier molecular flexibility index (Phi) is 4.06. The number of benzene rings is 4. The molecule has 178 valence electrons. The largest absolute Gasteiger partial charge is 0.497 e. The van der Waals surface area contributed by atoms with Gasteiger partial charge < -0.3 is 4.74 Å². The zero-order valence-corrected chi connectivity index (χ0v) is 20.1. The maximum atomic E-state index is 14.5. The monoisotopic (exact) mass is 482 g/mol. The smallest absolute Gasteiger partial charge is 0.238 e. The first-order valence-electron chi connectivity index (χ1n) is 12.6. The van der Waals surface area contributed by atoms with Crippen molar-refractivity contribution in [3.05, 3.63) is 113 Å². The molecule has 5 heteroatoms. The van der Waals surface area contributed by atoms with Crippen molar-refractivity contribution in [2.45, 2.75) is 11.8 Å². The van der Waals surface area contributed by atoms with Crippen LogP contribution in [0.2, 0.25) is 0 Å². The molecule has 37 heavy (non-hydrogen) atoms. The lowest BCUT2D eigenvalue weighted by molar-refractivity contribution is -0.122. The summed E-state index contributed by atoms with van der Waals surface area (Å²) in [5.74, 6) is -0.758. The fraction of sp³-hybridized carbons (Fsp3) is 0.156. The molecule has 1 aromatic heterocycles. The summed E-state index contributed by atoms with van der Waals surface area (Å²) in [5.41, 5.74) is 6.75. The van der Waals surface area contributed by atoms with Crippen LogP contribution in [0.1, 0.15) is 34.1 Å². The van der Waals surface area contributed by atoms with E-state index >= 15 is 0 Å². The molecule has 0 saturated carbocycles. The predicted octanol–water partition coefficient (Wildman–Crippen LogP) is 5.79. The van der Waals surface area contributed by atoms with Crippen LogP contribution in [0.4, 0.5) is 5.69 Å². The van der Waals surface area contributed by atoms with E-state index < -0.39 is 11.8 Å². The Balaban J connectivity index is 1.41. The van der Waals surface area contributed by atoms with Gasteiger partial charge in [-0.1, -0.05) is 66.7 Å². The van der Waals surface area contributed by atoms with Crippen LogP contribution >= 0.6 is 0 Å². The first-order valence-corrected chi connectivity index (χ1v) is 12.6. The number of hydrogen-bond acceptors (Lipinski definition) is 4. The lowest BCUT2D eigenvalue weighted by Gasteiger charge is -2.45. The highest BCUT2D eigenvalue weighted by atomic mass is 16.5. The second kappa shape index (κ2) is 7.26. The average molecular weight is 483 g/mol. The number of para-hydroxylation sites is 1. The van der Waals surface area contributed by atoms with E-state index in [1.165, 1.54) is 27.2 Å². The highest BCUT2D eigenvalue weighted by Crippen LogP contribution is 2.61. The van der Waals surface area contributed by atoms with Crippen LogP contribution in [-0.2, 0) is 9.59 Å². The van der Waals surface area contributed by atoms with Crippen LogP contribution in [0.5, 0.6) is 5.75 Å². The van der Waals surface area contributed by atoms with Gasteiger partial charge in [0.1, 0.15) is 5.75 Å². The number of ether oxygens (including phenoxy) is 1. The molecule has 0 spiro atoms. The molecule has 1 saturated heterocycles. The number of anilines is 1. The van der Waals surface area contributed by atoms with Gasteiger partial charge in [0.15, 0.2) is 0 Å². The third-order valence-electron chi connectivity index (χ3n) is 8.53. The Hall–Kier alpha value is -4.51. The van der Waals surface area contributed by atoms with Crippen molar-refractivity contribution in [3.8, 4) is 5.75 Å². The van der Waals surface area contributed by atoms with Crippen molar-refractivity contribution in [2.24, 2.45) is 11.8 Å². The number of carbonyl (C=O) groups is 2. The van der Waals surface area contributed by atoms with Gasteiger partial charge in [0, 0.05) is 22.6 Å². The van der Waals surface area contributed by atoms with Crippen LogP contribution in [0.3, 0.4) is 0 Å². The summed E-state index contributed by atoms with van der Waals surface area (Å²) in [6.45, 7) is 0. The molecule has 2 heterocycles. The topological polar surface area (TPSA) is 59.5 Å². The number of hydrogen-bond donors (Lipinski definition) is 0. The van der Waals surface area contributed by atoms with E-state index in [-0.39, 0.29) is 23.7 Å². The van der Waals surface area contributed by atoms with Gasteiger partial charge in [-0.05, 0) is 46.5 Å². The normalized spacial score (nSPS) is 23.3. The summed E-state index contributed by atoms with van der Waals surface area (Å²) in [4.78, 5) is 35.2. The Morgan fingerprint density at radius 1 is 0.649 bits per heavy atom. The second-order valence-corrected chi connectivity index (χ2v) is 10.1. The molecular formula is C32H22N2O3. The highest BCUT2D eigenvalue weighted by Gasteiger charge is 2.62. The van der Waals surface area contributed by atoms with Gasteiger partial charge in [-0.25, -0.2) is 9.88 Å². The van der Waals surface area contributed by atoms with Crippen LogP contribution in [0.25, 0.3) is 21.8 Å². The second-order valence-electron chi connectivity index (χ2n) is 10.1. The molecule has 9 rings (SSSR count). The van der Waals surface area contributed by atoms with Gasteiger partial charge in [0.25, 0.3) is 0 Å². The third-order valence-corrected chi connectivity index (χ3v) is 8.53. The minimum absolute atomic E-state index is 0.130. The lowest BCUT2D eigenvalue weighted by atomic mass is 9.55. The number of carbonyl (C=O) groups excluding carboxylic acids is 2. The summed E-state index contributed by atoms with van der Waals surface area (Å²) in [6.07, 6.45) is 0. The summed E-state index contributed by atoms with van der Waals surface area (Å²) in [7, 11) is 1.61. The maximum absolute atomic E-state index is 14.5. The van der Waals surface area contributed by atoms with Crippen molar-refractivity contribution < 1.29 is 14.3 Å². The zero-order chi connectivity index (χ0) is 24.8. The van der Waals surface area contributed by atoms with Crippen molar-refractivity contribution in [1.82, 2.24) is 4.98 Å². The van der Waals surface area contributed by atoms with Gasteiger partial charge >= 0.3 is 0 Å². The lowest BCUT2D eigenvalue weighted by Crippen LogP contribution is -2.41. The van der Waals surface area contributed by atoms with Gasteiger partial charge in [-0.3, -0.25) is 9.59 Å². The van der Waals surface area contributed by atoms with E-state index in [0.29, 0.717) is 11.4 Å². The minimum atomic E-state index is -0.435. The third kappa shape index (κ3) is 2.56. The first kappa shape index (κ1) is 20.7. The SMILES string of the molecule is COc1ccc2nc3ccccc3c(N3C(=O)C4C5c6ccccc6C(c6ccccc65)C4C3=O)c2c1. The summed E-state index contributed by atoms with van der Waals surface area (Å²) < 4.78 is 5.51. The summed E-state index contributed by atoms with van der Waals surface area (Å²) in [6, 6.07) is 30.0. The van der Waals surface area contributed by atoms with Crippen molar-refractivity contribution in [1.29, 1.82) is 0 Å². The Morgan fingerprint density at radius 2 is 1.16 bits per heavy atom. The molecule has 5 aromatic rings. The van der Waals surface area contributed by atoms with Crippen molar-refractivity contribution >= 4 is 39.3 Å². The number of methoxy groups -OCH3 is 1. The molecule has 1 aliphatic heterocycles. The van der Waals surface area contributed by atoms with E-state index in [9.17, 15) is 9.59 Å². The Bertz CT molecular complexity index is 1690. The molecule has 5 nitrogen and oxygen atoms in total. The number of fused-ring (bicyclic) bond motifs is 2. The van der Waals surface area contributed by atoms with Gasteiger partial charge in [0.05, 0.1) is 35.7 Å². The molecule has 3 aliphatic carbocycles. The average Bonchev–Trinajstić information content (AvgIpc) is 3.21. The molecule has 2 bridgehead atoms. The van der Waals surface area contributed by atoms with Crippen LogP contribution in [-0.4, -0.2) is 23.9 Å². The van der Waals surface area contributed by atoms with Crippen LogP contribution in [0, 0.1) is 11.8 Å². The molecule has 2 amide bonds. The van der Waals surface area contributed by atoms with Crippen molar-refractivity contribution in [3.63, 3.8) is 0 Å². The number of imide groups is 1. The van der Waals surface area contributed by atoms with E-state index in [4.69, 9.17) is 9.72 Å². The molecule has 1 fully saturated rings. The molecular weight excluding hydrogens is 460 g/mol. The molecule has 0 N–H and O–H groups in total. The van der Waals surface area contributed by atoms with Crippen LogP contribution in [0.15, 0.2) is 91.0 Å². The first-order chi connectivity index (χ1) is 18.2. The number of pyridine rings is 1. The van der Waals surface area contributed by atoms with Gasteiger partial charge in [-0.15, -0.1) is 0 Å². The maximum Gasteiger partial charge on any atom is 0.238 e. The van der Waals surface area contributed by atoms with Crippen LogP contribution < -0.4 is 9.64 Å². The van der Waals surface area contributed by atoms with E-state index in [2.05, 4.69) is 24.3 Å². The predicted molar refractivity (Wildman–Crippen MR) is 142 cm³/mol. The fourth-order valence-corrected chi connectivity index (χ4v) is 7.11. The molecule has 2 atom stereocenters. The number of amides is 2. The zero-order valence-electron chi connectivity index (χ0n) is 20.1.